The summed E-state index contributed by atoms with van der Waals surface area (Å²) in [5.41, 5.74) is 0. The number of thiocarbonyl (C=S) groups is 1. The zero-order chi connectivity index (χ0) is 8.55. The third kappa shape index (κ3) is 1.62. The summed E-state index contributed by atoms with van der Waals surface area (Å²) in [6, 6.07) is 0. The topological polar surface area (TPSA) is 12.5 Å². The molecule has 3 saturated heterocycles. The molecule has 0 N–H and O–H groups in total. The van der Waals surface area contributed by atoms with Crippen LogP contribution in [0.2, 0.25) is 0 Å². The van der Waals surface area contributed by atoms with Crippen molar-refractivity contribution < 1.29 is 4.74 Å². The fourth-order valence-corrected chi connectivity index (χ4v) is 2.38. The molecule has 0 aliphatic carbocycles. The fraction of sp³-hybridized carbons (Fsp3) is 0.889. The van der Waals surface area contributed by atoms with E-state index in [-0.39, 0.29) is 0 Å². The van der Waals surface area contributed by atoms with Crippen molar-refractivity contribution in [2.75, 3.05) is 19.6 Å². The van der Waals surface area contributed by atoms with Gasteiger partial charge in [0, 0.05) is 13.5 Å². The van der Waals surface area contributed by atoms with Gasteiger partial charge in [0.05, 0.1) is 0 Å². The average molecular weight is 185 g/mol. The van der Waals surface area contributed by atoms with Crippen molar-refractivity contribution in [2.45, 2.75) is 25.9 Å². The van der Waals surface area contributed by atoms with E-state index in [4.69, 9.17) is 17.0 Å². The zero-order valence-corrected chi connectivity index (χ0v) is 8.27. The van der Waals surface area contributed by atoms with Gasteiger partial charge in [0.1, 0.15) is 6.10 Å². The lowest BCUT2D eigenvalue weighted by molar-refractivity contribution is -0.0131. The Morgan fingerprint density at radius 1 is 1.42 bits per heavy atom. The summed E-state index contributed by atoms with van der Waals surface area (Å²) < 4.78 is 5.61. The van der Waals surface area contributed by atoms with Gasteiger partial charge < -0.3 is 4.74 Å². The molecule has 0 aromatic rings. The van der Waals surface area contributed by atoms with Crippen molar-refractivity contribution in [3.63, 3.8) is 0 Å². The van der Waals surface area contributed by atoms with E-state index in [2.05, 4.69) is 4.90 Å². The fourth-order valence-electron chi connectivity index (χ4n) is 2.26. The highest BCUT2D eigenvalue weighted by Gasteiger charge is 2.35. The van der Waals surface area contributed by atoms with Crippen molar-refractivity contribution in [2.24, 2.45) is 5.92 Å². The molecule has 12 heavy (non-hydrogen) atoms. The van der Waals surface area contributed by atoms with Crippen LogP contribution in [0.15, 0.2) is 0 Å². The minimum Gasteiger partial charge on any atom is -0.483 e. The highest BCUT2D eigenvalue weighted by atomic mass is 32.1. The standard InChI is InChI=1S/C9H15NOS/c1-7(12)11-9-6-10-4-2-8(9)3-5-10/h8-9H,2-6H2,1H3. The molecular formula is C9H15NOS. The number of hydrogen-bond donors (Lipinski definition) is 0. The maximum absolute atomic E-state index is 5.61. The zero-order valence-electron chi connectivity index (χ0n) is 7.45. The molecule has 68 valence electrons. The second-order valence-corrected chi connectivity index (χ2v) is 4.36. The maximum Gasteiger partial charge on any atom is 0.157 e. The molecule has 1 unspecified atom stereocenters. The molecular weight excluding hydrogens is 170 g/mol. The number of ether oxygens (including phenoxy) is 1. The summed E-state index contributed by atoms with van der Waals surface area (Å²) >= 11 is 4.95. The first-order valence-electron chi connectivity index (χ1n) is 4.65. The largest absolute Gasteiger partial charge is 0.483 e. The summed E-state index contributed by atoms with van der Waals surface area (Å²) in [6.07, 6.45) is 2.99. The summed E-state index contributed by atoms with van der Waals surface area (Å²) in [5.74, 6) is 0.771. The van der Waals surface area contributed by atoms with E-state index in [9.17, 15) is 0 Å². The third-order valence-electron chi connectivity index (χ3n) is 2.91. The van der Waals surface area contributed by atoms with E-state index < -0.39 is 0 Å². The van der Waals surface area contributed by atoms with E-state index in [0.29, 0.717) is 11.2 Å². The van der Waals surface area contributed by atoms with Crippen LogP contribution in [0.25, 0.3) is 0 Å². The van der Waals surface area contributed by atoms with Gasteiger partial charge in [-0.05, 0) is 44.1 Å². The second-order valence-electron chi connectivity index (χ2n) is 3.79. The van der Waals surface area contributed by atoms with Gasteiger partial charge in [-0.15, -0.1) is 0 Å². The number of rotatable bonds is 1. The van der Waals surface area contributed by atoms with Gasteiger partial charge in [0.25, 0.3) is 0 Å². The molecule has 3 aliphatic rings. The van der Waals surface area contributed by atoms with Gasteiger partial charge in [-0.3, -0.25) is 4.90 Å². The van der Waals surface area contributed by atoms with Gasteiger partial charge in [-0.1, -0.05) is 0 Å². The van der Waals surface area contributed by atoms with Gasteiger partial charge >= 0.3 is 0 Å². The molecule has 0 saturated carbocycles. The van der Waals surface area contributed by atoms with Crippen molar-refractivity contribution in [1.29, 1.82) is 0 Å². The van der Waals surface area contributed by atoms with Crippen LogP contribution >= 0.6 is 12.2 Å². The molecule has 0 radical (unpaired) electrons. The Labute approximate surface area is 78.9 Å². The maximum atomic E-state index is 5.61. The number of fused-ring (bicyclic) bond motifs is 3. The highest BCUT2D eigenvalue weighted by molar-refractivity contribution is 7.80. The molecule has 1 atom stereocenters. The Hall–Kier alpha value is -0.150. The predicted octanol–water partition coefficient (Wildman–Crippen LogP) is 1.44. The molecule has 0 aromatic carbocycles. The van der Waals surface area contributed by atoms with Gasteiger partial charge in [-0.2, -0.15) is 0 Å². The quantitative estimate of drug-likeness (QED) is 0.574. The van der Waals surface area contributed by atoms with Crippen LogP contribution in [0.3, 0.4) is 0 Å². The SMILES string of the molecule is CC(=S)OC1CN2CCC1CC2. The molecule has 3 heterocycles. The monoisotopic (exact) mass is 185 g/mol. The van der Waals surface area contributed by atoms with Gasteiger partial charge in [0.15, 0.2) is 5.05 Å². The molecule has 0 amide bonds. The molecule has 3 aliphatic heterocycles. The molecule has 0 spiro atoms. The summed E-state index contributed by atoms with van der Waals surface area (Å²) in [6.45, 7) is 5.49. The predicted molar refractivity (Wildman–Crippen MR) is 52.3 cm³/mol. The second kappa shape index (κ2) is 3.30. The lowest BCUT2D eigenvalue weighted by atomic mass is 9.86. The van der Waals surface area contributed by atoms with E-state index in [1.165, 1.54) is 25.9 Å². The van der Waals surface area contributed by atoms with E-state index in [0.717, 1.165) is 12.5 Å². The summed E-state index contributed by atoms with van der Waals surface area (Å²) in [4.78, 5) is 2.48. The first kappa shape index (κ1) is 8.45. The lowest BCUT2D eigenvalue weighted by Crippen LogP contribution is -2.51. The Morgan fingerprint density at radius 2 is 2.08 bits per heavy atom. The Morgan fingerprint density at radius 3 is 2.50 bits per heavy atom. The van der Waals surface area contributed by atoms with Crippen molar-refractivity contribution >= 4 is 17.3 Å². The summed E-state index contributed by atoms with van der Waals surface area (Å²) in [7, 11) is 0. The Bertz CT molecular complexity index is 187. The van der Waals surface area contributed by atoms with E-state index >= 15 is 0 Å². The van der Waals surface area contributed by atoms with Crippen LogP contribution < -0.4 is 0 Å². The van der Waals surface area contributed by atoms with Crippen molar-refractivity contribution in [3.05, 3.63) is 0 Å². The molecule has 2 bridgehead atoms. The van der Waals surface area contributed by atoms with Crippen LogP contribution in [-0.2, 0) is 4.74 Å². The van der Waals surface area contributed by atoms with E-state index in [1.54, 1.807) is 0 Å². The molecule has 0 aromatic heterocycles. The Kier molecular flexibility index (Phi) is 2.33. The smallest absolute Gasteiger partial charge is 0.157 e. The van der Waals surface area contributed by atoms with Crippen LogP contribution in [0.1, 0.15) is 19.8 Å². The molecule has 3 heteroatoms. The van der Waals surface area contributed by atoms with E-state index in [1.807, 2.05) is 6.92 Å². The summed E-state index contributed by atoms with van der Waals surface area (Å²) in [5, 5.41) is 0.703. The van der Waals surface area contributed by atoms with Crippen LogP contribution in [0, 0.1) is 5.92 Å². The molecule has 2 nitrogen and oxygen atoms in total. The third-order valence-corrected chi connectivity index (χ3v) is 3.01. The van der Waals surface area contributed by atoms with Crippen molar-refractivity contribution in [3.8, 4) is 0 Å². The first-order valence-corrected chi connectivity index (χ1v) is 5.06. The van der Waals surface area contributed by atoms with Crippen LogP contribution in [0.5, 0.6) is 0 Å². The molecule has 3 fully saturated rings. The Balaban J connectivity index is 1.95. The number of hydrogen-bond acceptors (Lipinski definition) is 3. The minimum atomic E-state index is 0.394. The lowest BCUT2D eigenvalue weighted by Gasteiger charge is -2.44. The normalized spacial score (nSPS) is 39.6. The number of piperidine rings is 3. The van der Waals surface area contributed by atoms with Crippen LogP contribution in [0.4, 0.5) is 0 Å². The molecule has 3 rings (SSSR count). The van der Waals surface area contributed by atoms with Crippen molar-refractivity contribution in [1.82, 2.24) is 4.90 Å². The minimum absolute atomic E-state index is 0.394. The van der Waals surface area contributed by atoms with Gasteiger partial charge in [0.2, 0.25) is 0 Å². The van der Waals surface area contributed by atoms with Gasteiger partial charge in [-0.25, -0.2) is 0 Å². The highest BCUT2D eigenvalue weighted by Crippen LogP contribution is 2.29. The first-order chi connectivity index (χ1) is 5.75. The van der Waals surface area contributed by atoms with Crippen LogP contribution in [-0.4, -0.2) is 35.7 Å². The number of nitrogens with zero attached hydrogens (tertiary/aromatic N) is 1. The average Bonchev–Trinajstić information content (AvgIpc) is 2.05.